The van der Waals surface area contributed by atoms with Gasteiger partial charge in [0.25, 0.3) is 10.0 Å². The maximum absolute atomic E-state index is 12.8. The Labute approximate surface area is 187 Å². The lowest BCUT2D eigenvalue weighted by Gasteiger charge is -2.30. The van der Waals surface area contributed by atoms with Crippen molar-refractivity contribution in [1.82, 2.24) is 8.61 Å². The van der Waals surface area contributed by atoms with Crippen molar-refractivity contribution < 1.29 is 21.6 Å². The molecule has 8 nitrogen and oxygen atoms in total. The van der Waals surface area contributed by atoms with E-state index in [0.717, 1.165) is 12.8 Å². The van der Waals surface area contributed by atoms with Gasteiger partial charge in [0.1, 0.15) is 4.21 Å². The molecular formula is C20H25N3O5S3. The molecule has 1 atom stereocenters. The molecule has 1 unspecified atom stereocenters. The van der Waals surface area contributed by atoms with E-state index in [9.17, 15) is 21.6 Å². The highest BCUT2D eigenvalue weighted by atomic mass is 32.2. The Kier molecular flexibility index (Phi) is 6.50. The summed E-state index contributed by atoms with van der Waals surface area (Å²) in [6.45, 7) is 1.60. The zero-order valence-electron chi connectivity index (χ0n) is 16.9. The third-order valence-corrected chi connectivity index (χ3v) is 10.8. The standard InChI is InChI=1S/C20H25N3O5S3/c24-20(16-5-3-13-23(15-16)31(27,28)19-6-4-14-29-19)21-17-7-9-18(10-8-17)30(25,26)22-11-1-2-12-22/h4,6-10,14,16H,1-3,5,11-13,15H2,(H,21,24). The fourth-order valence-corrected chi connectivity index (χ4v) is 8.13. The van der Waals surface area contributed by atoms with Gasteiger partial charge in [-0.25, -0.2) is 16.8 Å². The Bertz CT molecular complexity index is 1120. The number of anilines is 1. The molecule has 1 aromatic carbocycles. The van der Waals surface area contributed by atoms with Crippen molar-refractivity contribution in [1.29, 1.82) is 0 Å². The lowest BCUT2D eigenvalue weighted by Crippen LogP contribution is -2.43. The Morgan fingerprint density at radius 2 is 1.58 bits per heavy atom. The van der Waals surface area contributed by atoms with E-state index in [4.69, 9.17) is 0 Å². The van der Waals surface area contributed by atoms with Crippen molar-refractivity contribution in [3.05, 3.63) is 41.8 Å². The summed E-state index contributed by atoms with van der Waals surface area (Å²) in [6, 6.07) is 9.41. The SMILES string of the molecule is O=C(Nc1ccc(S(=O)(=O)N2CCCC2)cc1)C1CCCN(S(=O)(=O)c2cccs2)C1. The van der Waals surface area contributed by atoms with Gasteiger partial charge in [-0.05, 0) is 61.4 Å². The number of hydrogen-bond donors (Lipinski definition) is 1. The van der Waals surface area contributed by atoms with Gasteiger partial charge in [0.15, 0.2) is 0 Å². The van der Waals surface area contributed by atoms with E-state index in [1.54, 1.807) is 29.6 Å². The molecule has 1 N–H and O–H groups in total. The lowest BCUT2D eigenvalue weighted by atomic mass is 9.99. The highest BCUT2D eigenvalue weighted by Gasteiger charge is 2.34. The molecule has 0 radical (unpaired) electrons. The first-order valence-electron chi connectivity index (χ1n) is 10.2. The highest BCUT2D eigenvalue weighted by molar-refractivity contribution is 7.91. The van der Waals surface area contributed by atoms with Gasteiger partial charge in [-0.3, -0.25) is 4.79 Å². The van der Waals surface area contributed by atoms with Crippen LogP contribution in [0.3, 0.4) is 0 Å². The summed E-state index contributed by atoms with van der Waals surface area (Å²) in [4.78, 5) is 13.0. The molecular weight excluding hydrogens is 458 g/mol. The van der Waals surface area contributed by atoms with Crippen molar-refractivity contribution in [2.75, 3.05) is 31.5 Å². The summed E-state index contributed by atoms with van der Waals surface area (Å²) in [5.41, 5.74) is 0.489. The number of piperidine rings is 1. The molecule has 0 bridgehead atoms. The molecule has 1 aromatic heterocycles. The Hall–Kier alpha value is -1.79. The molecule has 0 saturated carbocycles. The van der Waals surface area contributed by atoms with Crippen molar-refractivity contribution in [3.63, 3.8) is 0 Å². The molecule has 2 aromatic rings. The van der Waals surface area contributed by atoms with Gasteiger partial charge < -0.3 is 5.32 Å². The number of carbonyl (C=O) groups is 1. The number of hydrogen-bond acceptors (Lipinski definition) is 6. The average molecular weight is 484 g/mol. The van der Waals surface area contributed by atoms with Gasteiger partial charge in [0, 0.05) is 31.9 Å². The minimum Gasteiger partial charge on any atom is -0.326 e. The zero-order chi connectivity index (χ0) is 22.1. The van der Waals surface area contributed by atoms with E-state index in [1.165, 1.54) is 32.1 Å². The molecule has 2 saturated heterocycles. The number of rotatable bonds is 6. The van der Waals surface area contributed by atoms with E-state index in [2.05, 4.69) is 5.32 Å². The largest absolute Gasteiger partial charge is 0.326 e. The van der Waals surface area contributed by atoms with Gasteiger partial charge in [-0.2, -0.15) is 8.61 Å². The van der Waals surface area contributed by atoms with E-state index >= 15 is 0 Å². The Morgan fingerprint density at radius 3 is 2.23 bits per heavy atom. The van der Waals surface area contributed by atoms with E-state index in [0.29, 0.717) is 38.2 Å². The zero-order valence-corrected chi connectivity index (χ0v) is 19.4. The highest BCUT2D eigenvalue weighted by Crippen LogP contribution is 2.27. The van der Waals surface area contributed by atoms with Crippen molar-refractivity contribution >= 4 is 43.0 Å². The number of thiophene rings is 1. The molecule has 2 aliphatic rings. The molecule has 2 aliphatic heterocycles. The second-order valence-corrected chi connectivity index (χ2v) is 12.8. The molecule has 1 amide bonds. The third kappa shape index (κ3) is 4.70. The fraction of sp³-hybridized carbons (Fsp3) is 0.450. The van der Waals surface area contributed by atoms with Crippen LogP contribution in [0.15, 0.2) is 50.9 Å². The van der Waals surface area contributed by atoms with Gasteiger partial charge in [0.2, 0.25) is 15.9 Å². The molecule has 3 heterocycles. The minimum absolute atomic E-state index is 0.132. The summed E-state index contributed by atoms with van der Waals surface area (Å²) in [6.07, 6.45) is 2.95. The Morgan fingerprint density at radius 1 is 0.903 bits per heavy atom. The number of benzene rings is 1. The molecule has 0 aliphatic carbocycles. The normalized spacial score (nSPS) is 21.2. The first-order valence-corrected chi connectivity index (χ1v) is 14.0. The van der Waals surface area contributed by atoms with E-state index in [-0.39, 0.29) is 21.6 Å². The number of nitrogens with zero attached hydrogens (tertiary/aromatic N) is 2. The van der Waals surface area contributed by atoms with Gasteiger partial charge in [-0.15, -0.1) is 11.3 Å². The predicted octanol–water partition coefficient (Wildman–Crippen LogP) is 2.57. The molecule has 31 heavy (non-hydrogen) atoms. The smallest absolute Gasteiger partial charge is 0.252 e. The number of sulfonamides is 2. The van der Waals surface area contributed by atoms with Crippen LogP contribution < -0.4 is 5.32 Å². The Balaban J connectivity index is 1.41. The van der Waals surface area contributed by atoms with Crippen molar-refractivity contribution in [3.8, 4) is 0 Å². The third-order valence-electron chi connectivity index (χ3n) is 5.67. The van der Waals surface area contributed by atoms with Crippen LogP contribution in [0.5, 0.6) is 0 Å². The minimum atomic E-state index is -3.59. The molecule has 11 heteroatoms. The number of carbonyl (C=O) groups excluding carboxylic acids is 1. The van der Waals surface area contributed by atoms with Crippen LogP contribution in [0.25, 0.3) is 0 Å². The number of nitrogens with one attached hydrogen (secondary N) is 1. The maximum Gasteiger partial charge on any atom is 0.252 e. The van der Waals surface area contributed by atoms with Crippen LogP contribution in [0.4, 0.5) is 5.69 Å². The van der Waals surface area contributed by atoms with Crippen LogP contribution >= 0.6 is 11.3 Å². The monoisotopic (exact) mass is 483 g/mol. The quantitative estimate of drug-likeness (QED) is 0.680. The predicted molar refractivity (Wildman–Crippen MR) is 119 cm³/mol. The average Bonchev–Trinajstić information content (AvgIpc) is 3.49. The van der Waals surface area contributed by atoms with Gasteiger partial charge in [-0.1, -0.05) is 6.07 Å². The fourth-order valence-electron chi connectivity index (χ4n) is 3.94. The summed E-state index contributed by atoms with van der Waals surface area (Å²) in [5.74, 6) is -0.724. The summed E-state index contributed by atoms with van der Waals surface area (Å²) < 4.78 is 53.9. The maximum atomic E-state index is 12.8. The summed E-state index contributed by atoms with van der Waals surface area (Å²) in [7, 11) is -7.09. The van der Waals surface area contributed by atoms with Crippen molar-refractivity contribution in [2.24, 2.45) is 5.92 Å². The topological polar surface area (TPSA) is 104 Å². The second-order valence-electron chi connectivity index (χ2n) is 7.76. The second kappa shape index (κ2) is 8.99. The molecule has 4 rings (SSSR count). The van der Waals surface area contributed by atoms with Gasteiger partial charge in [0.05, 0.1) is 10.8 Å². The van der Waals surface area contributed by atoms with Crippen LogP contribution in [0.1, 0.15) is 25.7 Å². The van der Waals surface area contributed by atoms with Crippen LogP contribution in [-0.2, 0) is 24.8 Å². The van der Waals surface area contributed by atoms with Crippen molar-refractivity contribution in [2.45, 2.75) is 34.8 Å². The van der Waals surface area contributed by atoms with E-state index < -0.39 is 26.0 Å². The summed E-state index contributed by atoms with van der Waals surface area (Å²) in [5, 5.41) is 4.52. The van der Waals surface area contributed by atoms with Crippen LogP contribution in [0.2, 0.25) is 0 Å². The molecule has 0 spiro atoms. The lowest BCUT2D eigenvalue weighted by molar-refractivity contribution is -0.120. The van der Waals surface area contributed by atoms with E-state index in [1.807, 2.05) is 0 Å². The van der Waals surface area contributed by atoms with Gasteiger partial charge >= 0.3 is 0 Å². The van der Waals surface area contributed by atoms with Crippen LogP contribution in [-0.4, -0.2) is 57.5 Å². The number of amides is 1. The first kappa shape index (κ1) is 22.4. The molecule has 168 valence electrons. The van der Waals surface area contributed by atoms with Crippen LogP contribution in [0, 0.1) is 5.92 Å². The first-order chi connectivity index (χ1) is 14.8. The molecule has 2 fully saturated rings. The summed E-state index contributed by atoms with van der Waals surface area (Å²) >= 11 is 1.17.